The van der Waals surface area contributed by atoms with E-state index < -0.39 is 0 Å². The summed E-state index contributed by atoms with van der Waals surface area (Å²) in [6.07, 6.45) is 0. The molecule has 3 rings (SSSR count). The van der Waals surface area contributed by atoms with Crippen LogP contribution >= 0.6 is 11.6 Å². The lowest BCUT2D eigenvalue weighted by molar-refractivity contribution is 0.102. The second-order valence-electron chi connectivity index (χ2n) is 5.60. The van der Waals surface area contributed by atoms with Crippen LogP contribution in [0, 0.1) is 13.8 Å². The standard InChI is InChI=1S/C19H17ClN2O2/c1-11-4-6-14(9-17(11)20)22-19(23)16-8-13-5-7-15(24-3)10-18(13)21-12(16)2/h4-10H,1-3H3,(H,22,23). The number of ether oxygens (including phenoxy) is 1. The topological polar surface area (TPSA) is 51.2 Å². The van der Waals surface area contributed by atoms with Gasteiger partial charge in [-0.3, -0.25) is 9.78 Å². The third-order valence-electron chi connectivity index (χ3n) is 3.89. The Bertz CT molecular complexity index is 938. The fourth-order valence-corrected chi connectivity index (χ4v) is 2.65. The number of benzene rings is 2. The summed E-state index contributed by atoms with van der Waals surface area (Å²) >= 11 is 6.11. The number of anilines is 1. The summed E-state index contributed by atoms with van der Waals surface area (Å²) in [4.78, 5) is 17.1. The number of pyridine rings is 1. The van der Waals surface area contributed by atoms with E-state index in [1.807, 2.05) is 50.2 Å². The Morgan fingerprint density at radius 1 is 1.12 bits per heavy atom. The van der Waals surface area contributed by atoms with Crippen molar-refractivity contribution in [3.8, 4) is 5.75 Å². The SMILES string of the molecule is COc1ccc2cc(C(=O)Nc3ccc(C)c(Cl)c3)c(C)nc2c1. The van der Waals surface area contributed by atoms with Gasteiger partial charge in [0.2, 0.25) is 0 Å². The molecule has 5 heteroatoms. The average molecular weight is 341 g/mol. The number of carbonyl (C=O) groups is 1. The van der Waals surface area contributed by atoms with Gasteiger partial charge in [-0.15, -0.1) is 0 Å². The molecule has 2 aromatic carbocycles. The molecule has 1 aromatic heterocycles. The summed E-state index contributed by atoms with van der Waals surface area (Å²) in [7, 11) is 1.61. The number of aryl methyl sites for hydroxylation is 2. The molecule has 4 nitrogen and oxygen atoms in total. The van der Waals surface area contributed by atoms with Crippen LogP contribution in [0.4, 0.5) is 5.69 Å². The monoisotopic (exact) mass is 340 g/mol. The van der Waals surface area contributed by atoms with Crippen LogP contribution < -0.4 is 10.1 Å². The summed E-state index contributed by atoms with van der Waals surface area (Å²) < 4.78 is 5.21. The number of hydrogen-bond donors (Lipinski definition) is 1. The van der Waals surface area contributed by atoms with Crippen LogP contribution in [0.3, 0.4) is 0 Å². The molecule has 24 heavy (non-hydrogen) atoms. The van der Waals surface area contributed by atoms with Crippen LogP contribution in [0.2, 0.25) is 5.02 Å². The van der Waals surface area contributed by atoms with E-state index in [0.29, 0.717) is 22.0 Å². The van der Waals surface area contributed by atoms with Crippen molar-refractivity contribution in [2.24, 2.45) is 0 Å². The van der Waals surface area contributed by atoms with Crippen LogP contribution in [0.15, 0.2) is 42.5 Å². The van der Waals surface area contributed by atoms with Crippen molar-refractivity contribution in [2.75, 3.05) is 12.4 Å². The Labute approximate surface area is 145 Å². The van der Waals surface area contributed by atoms with Crippen LogP contribution in [0.5, 0.6) is 5.75 Å². The molecule has 3 aromatic rings. The lowest BCUT2D eigenvalue weighted by atomic mass is 10.1. The maximum Gasteiger partial charge on any atom is 0.257 e. The lowest BCUT2D eigenvalue weighted by Gasteiger charge is -2.10. The first-order chi connectivity index (χ1) is 11.5. The average Bonchev–Trinajstić information content (AvgIpc) is 2.57. The zero-order valence-electron chi connectivity index (χ0n) is 13.7. The molecule has 1 N–H and O–H groups in total. The number of aromatic nitrogens is 1. The molecule has 0 atom stereocenters. The Kier molecular flexibility index (Phi) is 4.40. The minimum Gasteiger partial charge on any atom is -0.497 e. The van der Waals surface area contributed by atoms with Crippen molar-refractivity contribution in [3.63, 3.8) is 0 Å². The minimum absolute atomic E-state index is 0.211. The van der Waals surface area contributed by atoms with E-state index in [2.05, 4.69) is 10.3 Å². The van der Waals surface area contributed by atoms with Crippen LogP contribution in [-0.2, 0) is 0 Å². The number of nitrogens with zero attached hydrogens (tertiary/aromatic N) is 1. The van der Waals surface area contributed by atoms with E-state index in [9.17, 15) is 4.79 Å². The number of carbonyl (C=O) groups excluding carboxylic acids is 1. The fraction of sp³-hybridized carbons (Fsp3) is 0.158. The Balaban J connectivity index is 1.94. The predicted octanol–water partition coefficient (Wildman–Crippen LogP) is 4.77. The highest BCUT2D eigenvalue weighted by atomic mass is 35.5. The molecule has 0 radical (unpaired) electrons. The summed E-state index contributed by atoms with van der Waals surface area (Å²) in [6, 6.07) is 12.9. The van der Waals surface area contributed by atoms with Crippen molar-refractivity contribution >= 4 is 34.1 Å². The van der Waals surface area contributed by atoms with Gasteiger partial charge in [0.1, 0.15) is 5.75 Å². The van der Waals surface area contributed by atoms with Gasteiger partial charge < -0.3 is 10.1 Å². The second-order valence-corrected chi connectivity index (χ2v) is 6.01. The fourth-order valence-electron chi connectivity index (χ4n) is 2.47. The molecular weight excluding hydrogens is 324 g/mol. The zero-order valence-corrected chi connectivity index (χ0v) is 14.4. The number of hydrogen-bond acceptors (Lipinski definition) is 3. The van der Waals surface area contributed by atoms with E-state index in [1.165, 1.54) is 0 Å². The summed E-state index contributed by atoms with van der Waals surface area (Å²) in [6.45, 7) is 3.73. The normalized spacial score (nSPS) is 10.7. The van der Waals surface area contributed by atoms with E-state index in [1.54, 1.807) is 13.2 Å². The largest absolute Gasteiger partial charge is 0.497 e. The molecule has 0 bridgehead atoms. The first-order valence-electron chi connectivity index (χ1n) is 7.51. The maximum absolute atomic E-state index is 12.6. The van der Waals surface area contributed by atoms with Gasteiger partial charge in [0.15, 0.2) is 0 Å². The maximum atomic E-state index is 12.6. The van der Waals surface area contributed by atoms with Crippen LogP contribution in [0.1, 0.15) is 21.6 Å². The Hall–Kier alpha value is -2.59. The number of methoxy groups -OCH3 is 1. The van der Waals surface area contributed by atoms with Crippen molar-refractivity contribution in [1.29, 1.82) is 0 Å². The first kappa shape index (κ1) is 16.3. The van der Waals surface area contributed by atoms with Gasteiger partial charge in [0, 0.05) is 22.2 Å². The first-order valence-corrected chi connectivity index (χ1v) is 7.88. The number of rotatable bonds is 3. The predicted molar refractivity (Wildman–Crippen MR) is 97.2 cm³/mol. The minimum atomic E-state index is -0.211. The molecule has 0 fully saturated rings. The van der Waals surface area contributed by atoms with Gasteiger partial charge in [-0.2, -0.15) is 0 Å². The molecule has 0 saturated heterocycles. The van der Waals surface area contributed by atoms with Crippen molar-refractivity contribution in [3.05, 3.63) is 64.3 Å². The molecule has 0 aliphatic rings. The van der Waals surface area contributed by atoms with Gasteiger partial charge in [0.25, 0.3) is 5.91 Å². The van der Waals surface area contributed by atoms with E-state index in [4.69, 9.17) is 16.3 Å². The van der Waals surface area contributed by atoms with Gasteiger partial charge in [0.05, 0.1) is 23.9 Å². The van der Waals surface area contributed by atoms with Crippen molar-refractivity contribution in [1.82, 2.24) is 4.98 Å². The molecule has 0 aliphatic carbocycles. The quantitative estimate of drug-likeness (QED) is 0.747. The van der Waals surface area contributed by atoms with Crippen molar-refractivity contribution < 1.29 is 9.53 Å². The number of fused-ring (bicyclic) bond motifs is 1. The highest BCUT2D eigenvalue weighted by Crippen LogP contribution is 2.24. The number of halogens is 1. The van der Waals surface area contributed by atoms with E-state index >= 15 is 0 Å². The van der Waals surface area contributed by atoms with Crippen molar-refractivity contribution in [2.45, 2.75) is 13.8 Å². The zero-order chi connectivity index (χ0) is 17.3. The third kappa shape index (κ3) is 3.19. The number of nitrogens with one attached hydrogen (secondary N) is 1. The molecule has 0 aliphatic heterocycles. The molecule has 122 valence electrons. The molecule has 1 amide bonds. The Morgan fingerprint density at radius 3 is 2.62 bits per heavy atom. The third-order valence-corrected chi connectivity index (χ3v) is 4.30. The van der Waals surface area contributed by atoms with Crippen LogP contribution in [-0.4, -0.2) is 18.0 Å². The molecule has 0 saturated carbocycles. The highest BCUT2D eigenvalue weighted by molar-refractivity contribution is 6.31. The summed E-state index contributed by atoms with van der Waals surface area (Å²) in [5, 5.41) is 4.37. The van der Waals surface area contributed by atoms with Gasteiger partial charge in [-0.1, -0.05) is 17.7 Å². The smallest absolute Gasteiger partial charge is 0.257 e. The highest BCUT2D eigenvalue weighted by Gasteiger charge is 2.13. The van der Waals surface area contributed by atoms with Crippen LogP contribution in [0.25, 0.3) is 10.9 Å². The molecule has 0 unspecified atom stereocenters. The molecule has 1 heterocycles. The Morgan fingerprint density at radius 2 is 1.92 bits per heavy atom. The molecule has 0 spiro atoms. The van der Waals surface area contributed by atoms with Gasteiger partial charge in [-0.05, 0) is 49.7 Å². The summed E-state index contributed by atoms with van der Waals surface area (Å²) in [5.74, 6) is 0.526. The molecular formula is C19H17ClN2O2. The summed E-state index contributed by atoms with van der Waals surface area (Å²) in [5.41, 5.74) is 3.61. The lowest BCUT2D eigenvalue weighted by Crippen LogP contribution is -2.14. The number of amides is 1. The second kappa shape index (κ2) is 6.49. The van der Waals surface area contributed by atoms with E-state index in [-0.39, 0.29) is 5.91 Å². The van der Waals surface area contributed by atoms with Gasteiger partial charge >= 0.3 is 0 Å². The van der Waals surface area contributed by atoms with Gasteiger partial charge in [-0.25, -0.2) is 0 Å². The van der Waals surface area contributed by atoms with E-state index in [0.717, 1.165) is 22.2 Å².